The van der Waals surface area contributed by atoms with Crippen LogP contribution in [-0.2, 0) is 9.59 Å². The van der Waals surface area contributed by atoms with Gasteiger partial charge in [-0.05, 0) is 31.0 Å². The van der Waals surface area contributed by atoms with E-state index in [2.05, 4.69) is 11.9 Å². The van der Waals surface area contributed by atoms with Gasteiger partial charge in [-0.15, -0.1) is 6.58 Å². The highest BCUT2D eigenvalue weighted by atomic mass is 16.2. The van der Waals surface area contributed by atoms with Crippen LogP contribution in [0, 0.1) is 13.8 Å². The van der Waals surface area contributed by atoms with Crippen molar-refractivity contribution in [3.63, 3.8) is 0 Å². The van der Waals surface area contributed by atoms with Crippen LogP contribution in [0.4, 0.5) is 5.69 Å². The first kappa shape index (κ1) is 13.5. The number of benzene rings is 1. The predicted molar refractivity (Wildman–Crippen MR) is 75.0 cm³/mol. The lowest BCUT2D eigenvalue weighted by molar-refractivity contribution is -0.121. The number of nitrogens with zero attached hydrogens (tertiary/aromatic N) is 1. The lowest BCUT2D eigenvalue weighted by atomic mass is 10.1. The molecule has 0 aromatic heterocycles. The third-order valence-electron chi connectivity index (χ3n) is 3.47. The monoisotopic (exact) mass is 258 g/mol. The highest BCUT2D eigenvalue weighted by Crippen LogP contribution is 2.27. The van der Waals surface area contributed by atoms with Gasteiger partial charge in [0.25, 0.3) is 5.91 Å². The summed E-state index contributed by atoms with van der Waals surface area (Å²) < 4.78 is 0. The highest BCUT2D eigenvalue weighted by Gasteiger charge is 2.39. The number of amides is 2. The molecule has 1 atom stereocenters. The zero-order valence-electron chi connectivity index (χ0n) is 11.3. The van der Waals surface area contributed by atoms with Crippen LogP contribution in [0.15, 0.2) is 30.9 Å². The van der Waals surface area contributed by atoms with Gasteiger partial charge in [0, 0.05) is 6.54 Å². The van der Waals surface area contributed by atoms with Crippen LogP contribution in [0.3, 0.4) is 0 Å². The molecule has 1 N–H and O–H groups in total. The molecule has 0 aliphatic carbocycles. The summed E-state index contributed by atoms with van der Waals surface area (Å²) in [5, 5.41) is 3.02. The van der Waals surface area contributed by atoms with Crippen LogP contribution in [0.25, 0.3) is 0 Å². The van der Waals surface area contributed by atoms with E-state index in [9.17, 15) is 9.59 Å². The summed E-state index contributed by atoms with van der Waals surface area (Å²) in [5.74, 6) is -0.333. The minimum absolute atomic E-state index is 0.153. The van der Waals surface area contributed by atoms with Crippen molar-refractivity contribution < 1.29 is 9.59 Å². The molecule has 0 radical (unpaired) electrons. The molecule has 1 aliphatic heterocycles. The van der Waals surface area contributed by atoms with Gasteiger partial charge in [0.2, 0.25) is 5.91 Å². The van der Waals surface area contributed by atoms with Crippen LogP contribution >= 0.6 is 0 Å². The van der Waals surface area contributed by atoms with Crippen molar-refractivity contribution in [1.82, 2.24) is 5.32 Å². The second-order valence-electron chi connectivity index (χ2n) is 4.74. The standard InChI is InChI=1S/C15H18N2O2/c1-4-8-16-12-9-14(18)17(15(12)19)13-7-5-6-10(2)11(13)3/h4-7,12,16H,1,8-9H2,2-3H3. The predicted octanol–water partition coefficient (Wildman–Crippen LogP) is 1.71. The maximum Gasteiger partial charge on any atom is 0.251 e. The molecule has 1 aromatic carbocycles. The van der Waals surface area contributed by atoms with E-state index >= 15 is 0 Å². The lowest BCUT2D eigenvalue weighted by Crippen LogP contribution is -2.39. The maximum atomic E-state index is 12.3. The van der Waals surface area contributed by atoms with Crippen molar-refractivity contribution in [2.24, 2.45) is 0 Å². The van der Waals surface area contributed by atoms with Crippen LogP contribution in [0.5, 0.6) is 0 Å². The van der Waals surface area contributed by atoms with Gasteiger partial charge in [-0.3, -0.25) is 9.59 Å². The molecule has 1 aliphatic rings. The van der Waals surface area contributed by atoms with Crippen LogP contribution in [-0.4, -0.2) is 24.4 Å². The first-order valence-corrected chi connectivity index (χ1v) is 6.33. The molecule has 100 valence electrons. The Kier molecular flexibility index (Phi) is 3.81. The topological polar surface area (TPSA) is 49.4 Å². The molecule has 0 saturated carbocycles. The van der Waals surface area contributed by atoms with Crippen molar-refractivity contribution >= 4 is 17.5 Å². The minimum Gasteiger partial charge on any atom is -0.302 e. The van der Waals surface area contributed by atoms with E-state index in [-0.39, 0.29) is 18.2 Å². The molecule has 19 heavy (non-hydrogen) atoms. The second kappa shape index (κ2) is 5.36. The molecule has 4 nitrogen and oxygen atoms in total. The Labute approximate surface area is 113 Å². The molecule has 1 unspecified atom stereocenters. The fourth-order valence-electron chi connectivity index (χ4n) is 2.25. The summed E-state index contributed by atoms with van der Waals surface area (Å²) in [6.07, 6.45) is 1.89. The van der Waals surface area contributed by atoms with Crippen LogP contribution in [0.2, 0.25) is 0 Å². The van der Waals surface area contributed by atoms with Crippen molar-refractivity contribution in [2.45, 2.75) is 26.3 Å². The van der Waals surface area contributed by atoms with Crippen molar-refractivity contribution in [3.05, 3.63) is 42.0 Å². The Hall–Kier alpha value is -1.94. The molecular weight excluding hydrogens is 240 g/mol. The molecular formula is C15H18N2O2. The van der Waals surface area contributed by atoms with Gasteiger partial charge < -0.3 is 5.32 Å². The Morgan fingerprint density at radius 3 is 2.84 bits per heavy atom. The molecule has 1 heterocycles. The van der Waals surface area contributed by atoms with Gasteiger partial charge in [0.1, 0.15) is 0 Å². The quantitative estimate of drug-likeness (QED) is 0.660. The Bertz CT molecular complexity index is 537. The molecule has 1 fully saturated rings. The Morgan fingerprint density at radius 1 is 1.42 bits per heavy atom. The van der Waals surface area contributed by atoms with Crippen molar-refractivity contribution in [3.8, 4) is 0 Å². The number of hydrogen-bond acceptors (Lipinski definition) is 3. The molecule has 1 aromatic rings. The molecule has 1 saturated heterocycles. The molecule has 2 amide bonds. The lowest BCUT2D eigenvalue weighted by Gasteiger charge is -2.18. The SMILES string of the molecule is C=CCNC1CC(=O)N(c2cccc(C)c2C)C1=O. The first-order valence-electron chi connectivity index (χ1n) is 6.33. The summed E-state index contributed by atoms with van der Waals surface area (Å²) >= 11 is 0. The molecule has 2 rings (SSSR count). The molecule has 0 spiro atoms. The van der Waals surface area contributed by atoms with E-state index in [0.29, 0.717) is 12.2 Å². The van der Waals surface area contributed by atoms with Gasteiger partial charge in [0.05, 0.1) is 18.2 Å². The van der Waals surface area contributed by atoms with Gasteiger partial charge in [0.15, 0.2) is 0 Å². The third-order valence-corrected chi connectivity index (χ3v) is 3.47. The Morgan fingerprint density at radius 2 is 2.16 bits per heavy atom. The fraction of sp³-hybridized carbons (Fsp3) is 0.333. The summed E-state index contributed by atoms with van der Waals surface area (Å²) in [5.41, 5.74) is 2.73. The smallest absolute Gasteiger partial charge is 0.251 e. The number of imide groups is 1. The normalized spacial score (nSPS) is 19.1. The highest BCUT2D eigenvalue weighted by molar-refractivity contribution is 6.22. The van der Waals surface area contributed by atoms with Gasteiger partial charge >= 0.3 is 0 Å². The molecule has 4 heteroatoms. The number of aryl methyl sites for hydroxylation is 1. The van der Waals surface area contributed by atoms with E-state index in [4.69, 9.17) is 0 Å². The van der Waals surface area contributed by atoms with Gasteiger partial charge in [-0.2, -0.15) is 0 Å². The number of rotatable bonds is 4. The summed E-state index contributed by atoms with van der Waals surface area (Å²) in [6.45, 7) is 8.01. The largest absolute Gasteiger partial charge is 0.302 e. The second-order valence-corrected chi connectivity index (χ2v) is 4.74. The zero-order valence-corrected chi connectivity index (χ0v) is 11.3. The molecule has 0 bridgehead atoms. The summed E-state index contributed by atoms with van der Waals surface area (Å²) in [4.78, 5) is 25.7. The van der Waals surface area contributed by atoms with E-state index < -0.39 is 6.04 Å². The summed E-state index contributed by atoms with van der Waals surface area (Å²) in [7, 11) is 0. The first-order chi connectivity index (χ1) is 9.06. The van der Waals surface area contributed by atoms with Crippen molar-refractivity contribution in [2.75, 3.05) is 11.4 Å². The Balaban J connectivity index is 2.30. The number of carbonyl (C=O) groups excluding carboxylic acids is 2. The number of nitrogens with one attached hydrogen (secondary N) is 1. The van der Waals surface area contributed by atoms with Gasteiger partial charge in [-0.1, -0.05) is 18.2 Å². The van der Waals surface area contributed by atoms with Crippen LogP contribution < -0.4 is 10.2 Å². The van der Waals surface area contributed by atoms with E-state index in [0.717, 1.165) is 11.1 Å². The fourth-order valence-corrected chi connectivity index (χ4v) is 2.25. The number of anilines is 1. The number of hydrogen-bond donors (Lipinski definition) is 1. The van der Waals surface area contributed by atoms with E-state index in [1.165, 1.54) is 4.90 Å². The maximum absolute atomic E-state index is 12.3. The zero-order chi connectivity index (χ0) is 14.0. The van der Waals surface area contributed by atoms with E-state index in [1.54, 1.807) is 6.08 Å². The average Bonchev–Trinajstić information content (AvgIpc) is 2.66. The van der Waals surface area contributed by atoms with Gasteiger partial charge in [-0.25, -0.2) is 4.90 Å². The average molecular weight is 258 g/mol. The van der Waals surface area contributed by atoms with Crippen molar-refractivity contribution in [1.29, 1.82) is 0 Å². The number of carbonyl (C=O) groups is 2. The third kappa shape index (κ3) is 2.44. The minimum atomic E-state index is -0.439. The van der Waals surface area contributed by atoms with Crippen LogP contribution in [0.1, 0.15) is 17.5 Å². The van der Waals surface area contributed by atoms with E-state index in [1.807, 2.05) is 32.0 Å². The summed E-state index contributed by atoms with van der Waals surface area (Å²) in [6, 6.07) is 5.21.